The highest BCUT2D eigenvalue weighted by Gasteiger charge is 2.31. The first-order chi connectivity index (χ1) is 9.93. The lowest BCUT2D eigenvalue weighted by molar-refractivity contribution is 0.405. The Bertz CT molecular complexity index is 548. The van der Waals surface area contributed by atoms with Crippen LogP contribution in [0.1, 0.15) is 26.3 Å². The van der Waals surface area contributed by atoms with Crippen LogP contribution in [-0.2, 0) is 16.6 Å². The number of hydrogen-bond acceptors (Lipinski definition) is 4. The van der Waals surface area contributed by atoms with Crippen LogP contribution in [0.4, 0.5) is 0 Å². The molecule has 1 heterocycles. The average molecular weight is 329 g/mol. The van der Waals surface area contributed by atoms with E-state index in [1.54, 1.807) is 16.4 Å². The topological polar surface area (TPSA) is 49.4 Å². The van der Waals surface area contributed by atoms with E-state index in [0.717, 1.165) is 18.7 Å². The standard InChI is InChI=1S/C15H24N2O2S2/c1-4-16-9-14-5-7-15(8-6-14)21(18,19)17-10-12(2)20-13(3)11-17/h5-8,12-13,16H,4,9-11H2,1-3H3. The van der Waals surface area contributed by atoms with Crippen molar-refractivity contribution in [3.63, 3.8) is 0 Å². The van der Waals surface area contributed by atoms with Gasteiger partial charge in [0.2, 0.25) is 10.0 Å². The fourth-order valence-corrected chi connectivity index (χ4v) is 5.66. The van der Waals surface area contributed by atoms with Gasteiger partial charge >= 0.3 is 0 Å². The van der Waals surface area contributed by atoms with Crippen LogP contribution in [0.15, 0.2) is 29.2 Å². The number of hydrogen-bond donors (Lipinski definition) is 1. The maximum atomic E-state index is 12.7. The minimum atomic E-state index is -3.37. The van der Waals surface area contributed by atoms with Gasteiger partial charge in [0.15, 0.2) is 0 Å². The summed E-state index contributed by atoms with van der Waals surface area (Å²) in [5, 5.41) is 3.92. The van der Waals surface area contributed by atoms with Crippen molar-refractivity contribution < 1.29 is 8.42 Å². The van der Waals surface area contributed by atoms with Gasteiger partial charge in [0, 0.05) is 30.1 Å². The Labute approximate surface area is 132 Å². The number of sulfonamides is 1. The fourth-order valence-electron chi connectivity index (χ4n) is 2.52. The van der Waals surface area contributed by atoms with Gasteiger partial charge in [-0.1, -0.05) is 32.9 Å². The predicted octanol–water partition coefficient (Wildman–Crippen LogP) is 2.31. The van der Waals surface area contributed by atoms with Crippen LogP contribution in [0.2, 0.25) is 0 Å². The average Bonchev–Trinajstić information content (AvgIpc) is 2.44. The highest BCUT2D eigenvalue weighted by Crippen LogP contribution is 2.28. The summed E-state index contributed by atoms with van der Waals surface area (Å²) in [6, 6.07) is 7.22. The van der Waals surface area contributed by atoms with E-state index < -0.39 is 10.0 Å². The smallest absolute Gasteiger partial charge is 0.243 e. The minimum Gasteiger partial charge on any atom is -0.313 e. The number of benzene rings is 1. The Balaban J connectivity index is 2.15. The Morgan fingerprint density at radius 3 is 2.29 bits per heavy atom. The summed E-state index contributed by atoms with van der Waals surface area (Å²) in [5.41, 5.74) is 1.10. The Hall–Kier alpha value is -0.560. The third-order valence-corrected chi connectivity index (χ3v) is 6.60. The van der Waals surface area contributed by atoms with Crippen molar-refractivity contribution in [2.24, 2.45) is 0 Å². The lowest BCUT2D eigenvalue weighted by Crippen LogP contribution is -2.43. The van der Waals surface area contributed by atoms with E-state index in [9.17, 15) is 8.42 Å². The molecular weight excluding hydrogens is 304 g/mol. The summed E-state index contributed by atoms with van der Waals surface area (Å²) < 4.78 is 27.0. The van der Waals surface area contributed by atoms with Gasteiger partial charge in [0.25, 0.3) is 0 Å². The lowest BCUT2D eigenvalue weighted by Gasteiger charge is -2.33. The van der Waals surface area contributed by atoms with Crippen molar-refractivity contribution >= 4 is 21.8 Å². The Kier molecular flexibility index (Phi) is 5.71. The first-order valence-corrected chi connectivity index (χ1v) is 9.77. The molecule has 21 heavy (non-hydrogen) atoms. The second-order valence-electron chi connectivity index (χ2n) is 5.50. The maximum absolute atomic E-state index is 12.7. The van der Waals surface area contributed by atoms with Crippen molar-refractivity contribution in [2.45, 2.75) is 42.7 Å². The summed E-state index contributed by atoms with van der Waals surface area (Å²) >= 11 is 1.85. The highest BCUT2D eigenvalue weighted by atomic mass is 32.2. The van der Waals surface area contributed by atoms with E-state index in [4.69, 9.17) is 0 Å². The van der Waals surface area contributed by atoms with Crippen molar-refractivity contribution in [3.05, 3.63) is 29.8 Å². The molecule has 1 aromatic rings. The molecule has 0 saturated carbocycles. The molecule has 2 rings (SSSR count). The number of nitrogens with zero attached hydrogens (tertiary/aromatic N) is 1. The molecule has 4 nitrogen and oxygen atoms in total. The molecule has 6 heteroatoms. The van der Waals surface area contributed by atoms with Crippen molar-refractivity contribution in [2.75, 3.05) is 19.6 Å². The van der Waals surface area contributed by atoms with Crippen LogP contribution in [-0.4, -0.2) is 42.9 Å². The lowest BCUT2D eigenvalue weighted by atomic mass is 10.2. The molecule has 1 saturated heterocycles. The monoisotopic (exact) mass is 328 g/mol. The molecule has 1 N–H and O–H groups in total. The molecule has 0 aliphatic carbocycles. The SMILES string of the molecule is CCNCc1ccc(S(=O)(=O)N2CC(C)SC(C)C2)cc1. The van der Waals surface area contributed by atoms with Gasteiger partial charge in [-0.25, -0.2) is 8.42 Å². The molecule has 1 aliphatic rings. The molecule has 0 aromatic heterocycles. The number of nitrogens with one attached hydrogen (secondary N) is 1. The minimum absolute atomic E-state index is 0.344. The molecule has 0 bridgehead atoms. The van der Waals surface area contributed by atoms with E-state index in [0.29, 0.717) is 28.5 Å². The van der Waals surface area contributed by atoms with E-state index in [-0.39, 0.29) is 0 Å². The van der Waals surface area contributed by atoms with Crippen molar-refractivity contribution in [1.82, 2.24) is 9.62 Å². The van der Waals surface area contributed by atoms with Gasteiger partial charge in [0.05, 0.1) is 4.90 Å². The van der Waals surface area contributed by atoms with Crippen LogP contribution >= 0.6 is 11.8 Å². The molecule has 1 aliphatic heterocycles. The fraction of sp³-hybridized carbons (Fsp3) is 0.600. The third kappa shape index (κ3) is 4.22. The summed E-state index contributed by atoms with van der Waals surface area (Å²) in [6.07, 6.45) is 0. The second kappa shape index (κ2) is 7.13. The Morgan fingerprint density at radius 1 is 1.19 bits per heavy atom. The van der Waals surface area contributed by atoms with Crippen LogP contribution in [0.25, 0.3) is 0 Å². The zero-order chi connectivity index (χ0) is 15.5. The van der Waals surface area contributed by atoms with Gasteiger partial charge in [0.1, 0.15) is 0 Å². The van der Waals surface area contributed by atoms with Crippen molar-refractivity contribution in [3.8, 4) is 0 Å². The number of rotatable bonds is 5. The molecule has 2 unspecified atom stereocenters. The molecule has 1 aromatic carbocycles. The van der Waals surface area contributed by atoms with E-state index in [2.05, 4.69) is 26.1 Å². The predicted molar refractivity (Wildman–Crippen MR) is 89.1 cm³/mol. The largest absolute Gasteiger partial charge is 0.313 e. The molecule has 0 radical (unpaired) electrons. The van der Waals surface area contributed by atoms with Gasteiger partial charge in [-0.2, -0.15) is 16.1 Å². The summed E-state index contributed by atoms with van der Waals surface area (Å²) in [7, 11) is -3.37. The van der Waals surface area contributed by atoms with Gasteiger partial charge < -0.3 is 5.32 Å². The molecule has 0 amide bonds. The quantitative estimate of drug-likeness (QED) is 0.901. The van der Waals surface area contributed by atoms with Gasteiger partial charge in [-0.05, 0) is 24.2 Å². The molecular formula is C15H24N2O2S2. The zero-order valence-electron chi connectivity index (χ0n) is 12.9. The molecule has 118 valence electrons. The van der Waals surface area contributed by atoms with E-state index >= 15 is 0 Å². The summed E-state index contributed by atoms with van der Waals surface area (Å²) in [5.74, 6) is 0. The zero-order valence-corrected chi connectivity index (χ0v) is 14.5. The Morgan fingerprint density at radius 2 is 1.76 bits per heavy atom. The van der Waals surface area contributed by atoms with Crippen LogP contribution in [0.3, 0.4) is 0 Å². The first kappa shape index (κ1) is 16.8. The van der Waals surface area contributed by atoms with Gasteiger partial charge in [-0.3, -0.25) is 0 Å². The molecule has 2 atom stereocenters. The second-order valence-corrected chi connectivity index (χ2v) is 9.32. The van der Waals surface area contributed by atoms with E-state index in [1.165, 1.54) is 0 Å². The van der Waals surface area contributed by atoms with Gasteiger partial charge in [-0.15, -0.1) is 0 Å². The maximum Gasteiger partial charge on any atom is 0.243 e. The summed E-state index contributed by atoms with van der Waals surface area (Å²) in [6.45, 7) is 9.08. The van der Waals surface area contributed by atoms with Crippen molar-refractivity contribution in [1.29, 1.82) is 0 Å². The molecule has 0 spiro atoms. The summed E-state index contributed by atoms with van der Waals surface area (Å²) in [4.78, 5) is 0.397. The van der Waals surface area contributed by atoms with Crippen LogP contribution < -0.4 is 5.32 Å². The van der Waals surface area contributed by atoms with Crippen LogP contribution in [0, 0.1) is 0 Å². The van der Waals surface area contributed by atoms with E-state index in [1.807, 2.05) is 23.9 Å². The normalized spacial score (nSPS) is 24.1. The third-order valence-electron chi connectivity index (χ3n) is 3.53. The van der Waals surface area contributed by atoms with Crippen LogP contribution in [0.5, 0.6) is 0 Å². The first-order valence-electron chi connectivity index (χ1n) is 7.38. The molecule has 1 fully saturated rings. The highest BCUT2D eigenvalue weighted by molar-refractivity contribution is 8.00. The number of thioether (sulfide) groups is 1.